The Morgan fingerprint density at radius 2 is 2.00 bits per heavy atom. The Hall–Kier alpha value is -2.93. The zero-order valence-electron chi connectivity index (χ0n) is 21.5. The van der Waals surface area contributed by atoms with Crippen LogP contribution in [-0.4, -0.2) is 91.6 Å². The van der Waals surface area contributed by atoms with E-state index in [1.54, 1.807) is 19.2 Å². The van der Waals surface area contributed by atoms with E-state index in [-0.39, 0.29) is 43.0 Å². The van der Waals surface area contributed by atoms with Gasteiger partial charge in [0.15, 0.2) is 5.04 Å². The Bertz CT molecular complexity index is 1290. The maximum Gasteiger partial charge on any atom is 0.261 e. The molecule has 204 valence electrons. The van der Waals surface area contributed by atoms with Gasteiger partial charge < -0.3 is 10.5 Å². The molecule has 10 nitrogen and oxygen atoms in total. The van der Waals surface area contributed by atoms with Gasteiger partial charge in [0, 0.05) is 51.4 Å². The molecule has 2 fully saturated rings. The molecule has 2 heterocycles. The summed E-state index contributed by atoms with van der Waals surface area (Å²) in [5.74, 6) is 0.0614. The molecule has 1 saturated carbocycles. The van der Waals surface area contributed by atoms with E-state index in [4.69, 9.17) is 5.41 Å². The summed E-state index contributed by atoms with van der Waals surface area (Å²) in [5, 5.41) is 27.5. The predicted molar refractivity (Wildman–Crippen MR) is 146 cm³/mol. The third-order valence-corrected chi connectivity index (χ3v) is 9.50. The summed E-state index contributed by atoms with van der Waals surface area (Å²) in [7, 11) is -2.45. The van der Waals surface area contributed by atoms with Crippen LogP contribution in [0.5, 0.6) is 0 Å². The van der Waals surface area contributed by atoms with Crippen LogP contribution in [0.3, 0.4) is 0 Å². The topological polar surface area (TPSA) is 125 Å². The minimum Gasteiger partial charge on any atom is -0.393 e. The Kier molecular flexibility index (Phi) is 7.49. The number of piperazine rings is 1. The zero-order chi connectivity index (χ0) is 27.0. The highest BCUT2D eigenvalue weighted by Gasteiger charge is 2.41. The van der Waals surface area contributed by atoms with E-state index >= 15 is 0 Å². The summed E-state index contributed by atoms with van der Waals surface area (Å²) in [5.41, 5.74) is 5.38. The van der Waals surface area contributed by atoms with Gasteiger partial charge in [-0.1, -0.05) is 12.2 Å². The monoisotopic (exact) mass is 543 g/mol. The summed E-state index contributed by atoms with van der Waals surface area (Å²) in [6.45, 7) is 3.85. The van der Waals surface area contributed by atoms with Crippen molar-refractivity contribution in [1.29, 1.82) is 5.41 Å². The van der Waals surface area contributed by atoms with Crippen molar-refractivity contribution in [2.75, 3.05) is 38.2 Å². The van der Waals surface area contributed by atoms with Crippen molar-refractivity contribution in [3.63, 3.8) is 0 Å². The number of aliphatic hydroxyl groups is 1. The van der Waals surface area contributed by atoms with E-state index in [2.05, 4.69) is 32.7 Å². The maximum absolute atomic E-state index is 13.5. The second-order valence-corrected chi connectivity index (χ2v) is 12.2. The van der Waals surface area contributed by atoms with E-state index in [1.807, 2.05) is 18.1 Å². The number of benzene rings is 1. The number of halogens is 1. The van der Waals surface area contributed by atoms with Gasteiger partial charge in [0.2, 0.25) is 0 Å². The highest BCUT2D eigenvalue weighted by Crippen LogP contribution is 2.37. The lowest BCUT2D eigenvalue weighted by Gasteiger charge is -2.46. The lowest BCUT2D eigenvalue weighted by molar-refractivity contribution is 0.0113. The standard InChI is InChI=1S/C26H34FN7O3S/c1-17-9-24-19(13-31-34(24)21-5-3-20(27)4-6-21)12-23(17)25-16-33(38(36,37)26(28)14-30-29-2)8-7-32(25)15-18-10-22(35)11-18/h3-6,9,12-14,18-19,22,24-25,28-29,35H,7-8,10-11,15-16H2,1-2H3/b28-26?,30-14-/t18?,19?,22?,24?,25-/m1/s1. The Balaban J connectivity index is 1.40. The van der Waals surface area contributed by atoms with E-state index < -0.39 is 15.1 Å². The number of hydrogen-bond donors (Lipinski definition) is 3. The molecule has 5 rings (SSSR count). The molecule has 2 unspecified atom stereocenters. The highest BCUT2D eigenvalue weighted by molar-refractivity contribution is 8.06. The van der Waals surface area contributed by atoms with Gasteiger partial charge in [0.25, 0.3) is 10.0 Å². The number of rotatable bonds is 7. The molecule has 0 bridgehead atoms. The van der Waals surface area contributed by atoms with Crippen molar-refractivity contribution in [1.82, 2.24) is 14.6 Å². The van der Waals surface area contributed by atoms with Gasteiger partial charge in [-0.3, -0.25) is 15.3 Å². The molecule has 12 heteroatoms. The lowest BCUT2D eigenvalue weighted by atomic mass is 9.80. The summed E-state index contributed by atoms with van der Waals surface area (Å²) in [4.78, 5) is 2.32. The minimum atomic E-state index is -3.99. The number of hydrazone groups is 2. The molecule has 1 saturated heterocycles. The number of fused-ring (bicyclic) bond motifs is 1. The van der Waals surface area contributed by atoms with Gasteiger partial charge in [-0.2, -0.15) is 14.5 Å². The Morgan fingerprint density at radius 3 is 2.68 bits per heavy atom. The summed E-state index contributed by atoms with van der Waals surface area (Å²) < 4.78 is 41.2. The van der Waals surface area contributed by atoms with Crippen LogP contribution in [0.25, 0.3) is 0 Å². The molecular weight excluding hydrogens is 509 g/mol. The summed E-state index contributed by atoms with van der Waals surface area (Å²) in [6.07, 6.45) is 8.48. The van der Waals surface area contributed by atoms with E-state index in [1.165, 1.54) is 16.4 Å². The number of hydrogen-bond acceptors (Lipinski definition) is 9. The fraction of sp³-hybridized carbons (Fsp3) is 0.500. The first kappa shape index (κ1) is 26.7. The predicted octanol–water partition coefficient (Wildman–Crippen LogP) is 1.77. The number of aliphatic hydroxyl groups excluding tert-OH is 1. The summed E-state index contributed by atoms with van der Waals surface area (Å²) in [6, 6.07) is 6.02. The molecule has 4 aliphatic rings. The van der Waals surface area contributed by atoms with Gasteiger partial charge >= 0.3 is 0 Å². The smallest absolute Gasteiger partial charge is 0.261 e. The average molecular weight is 544 g/mol. The van der Waals surface area contributed by atoms with Crippen molar-refractivity contribution in [2.24, 2.45) is 22.0 Å². The largest absolute Gasteiger partial charge is 0.393 e. The van der Waals surface area contributed by atoms with Crippen LogP contribution in [0.15, 0.2) is 57.8 Å². The first-order valence-electron chi connectivity index (χ1n) is 12.9. The lowest BCUT2D eigenvalue weighted by Crippen LogP contribution is -2.58. The molecule has 0 amide bonds. The molecular formula is C26H34FN7O3S. The van der Waals surface area contributed by atoms with Crippen molar-refractivity contribution < 1.29 is 17.9 Å². The Morgan fingerprint density at radius 1 is 1.26 bits per heavy atom. The van der Waals surface area contributed by atoms with Crippen molar-refractivity contribution in [3.8, 4) is 0 Å². The average Bonchev–Trinajstić information content (AvgIpc) is 3.29. The third-order valence-electron chi connectivity index (χ3n) is 7.82. The van der Waals surface area contributed by atoms with Crippen LogP contribution in [0.1, 0.15) is 19.8 Å². The normalized spacial score (nSPS) is 30.1. The highest BCUT2D eigenvalue weighted by atomic mass is 32.2. The molecule has 38 heavy (non-hydrogen) atoms. The van der Waals surface area contributed by atoms with E-state index in [0.29, 0.717) is 12.5 Å². The molecule has 0 radical (unpaired) electrons. The number of nitrogens with one attached hydrogen (secondary N) is 2. The maximum atomic E-state index is 13.5. The van der Waals surface area contributed by atoms with E-state index in [9.17, 15) is 17.9 Å². The molecule has 1 aromatic rings. The molecule has 0 spiro atoms. The zero-order valence-corrected chi connectivity index (χ0v) is 22.4. The molecule has 3 atom stereocenters. The van der Waals surface area contributed by atoms with Crippen LogP contribution in [0.2, 0.25) is 0 Å². The van der Waals surface area contributed by atoms with E-state index in [0.717, 1.165) is 42.4 Å². The molecule has 3 N–H and O–H groups in total. The van der Waals surface area contributed by atoms with Gasteiger partial charge in [0.1, 0.15) is 5.82 Å². The SMILES string of the molecule is CN/N=C\C(=N)S(=O)(=O)N1CCN(CC2CC(O)C2)[C@@H](C2=CC3C=NN(c4ccc(F)cc4)C3C=C2C)C1. The second-order valence-electron chi connectivity index (χ2n) is 10.3. The van der Waals surface area contributed by atoms with Crippen LogP contribution in [0.4, 0.5) is 10.1 Å². The number of nitrogens with zero attached hydrogens (tertiary/aromatic N) is 5. The van der Waals surface area contributed by atoms with Gasteiger partial charge in [-0.15, -0.1) is 0 Å². The fourth-order valence-corrected chi connectivity index (χ4v) is 6.86. The van der Waals surface area contributed by atoms with Gasteiger partial charge in [-0.05, 0) is 61.1 Å². The second kappa shape index (κ2) is 10.7. The van der Waals surface area contributed by atoms with Crippen LogP contribution >= 0.6 is 0 Å². The third kappa shape index (κ3) is 5.18. The van der Waals surface area contributed by atoms with Gasteiger partial charge in [-0.25, -0.2) is 12.8 Å². The first-order valence-corrected chi connectivity index (χ1v) is 14.3. The van der Waals surface area contributed by atoms with Gasteiger partial charge in [0.05, 0.1) is 24.0 Å². The molecule has 2 aliphatic carbocycles. The van der Waals surface area contributed by atoms with Crippen molar-refractivity contribution >= 4 is 33.2 Å². The van der Waals surface area contributed by atoms with Crippen LogP contribution in [-0.2, 0) is 10.0 Å². The minimum absolute atomic E-state index is 0.0147. The van der Waals surface area contributed by atoms with Crippen LogP contribution in [0, 0.1) is 23.1 Å². The number of sulfonamides is 1. The molecule has 2 aliphatic heterocycles. The quantitative estimate of drug-likeness (QED) is 0.274. The summed E-state index contributed by atoms with van der Waals surface area (Å²) >= 11 is 0. The number of anilines is 1. The molecule has 1 aromatic carbocycles. The van der Waals surface area contributed by atoms with Crippen molar-refractivity contribution in [2.45, 2.75) is 38.0 Å². The fourth-order valence-electron chi connectivity index (χ4n) is 5.74. The molecule has 0 aromatic heterocycles. The Labute approximate surface area is 222 Å². The first-order chi connectivity index (χ1) is 18.2. The van der Waals surface area contributed by atoms with Crippen LogP contribution < -0.4 is 10.4 Å². The van der Waals surface area contributed by atoms with Crippen molar-refractivity contribution in [3.05, 3.63) is 53.4 Å².